The van der Waals surface area contributed by atoms with Gasteiger partial charge in [0.15, 0.2) is 0 Å². The Bertz CT molecular complexity index is 211. The third-order valence-corrected chi connectivity index (χ3v) is 1.95. The Morgan fingerprint density at radius 3 is 3.00 bits per heavy atom. The lowest BCUT2D eigenvalue weighted by Gasteiger charge is -2.01. The van der Waals surface area contributed by atoms with Crippen molar-refractivity contribution in [3.05, 3.63) is 24.3 Å². The molecule has 0 aromatic heterocycles. The molecular weight excluding hydrogens is 146 g/mol. The zero-order valence-corrected chi connectivity index (χ0v) is 7.96. The first-order valence-corrected chi connectivity index (χ1v) is 4.74. The van der Waals surface area contributed by atoms with E-state index in [9.17, 15) is 0 Å². The van der Waals surface area contributed by atoms with Crippen molar-refractivity contribution in [1.82, 2.24) is 0 Å². The van der Waals surface area contributed by atoms with E-state index in [4.69, 9.17) is 0 Å². The van der Waals surface area contributed by atoms with Gasteiger partial charge in [0.05, 0.1) is 6.04 Å². The summed E-state index contributed by atoms with van der Waals surface area (Å²) in [6, 6.07) is 0.354. The fourth-order valence-corrected chi connectivity index (χ4v) is 1.24. The second kappa shape index (κ2) is 4.91. The van der Waals surface area contributed by atoms with Crippen molar-refractivity contribution in [2.45, 2.75) is 39.2 Å². The SMILES string of the molecule is CCCCC1=N[C@H](C)C=CC=C1. The van der Waals surface area contributed by atoms with Crippen molar-refractivity contribution in [3.63, 3.8) is 0 Å². The average Bonchev–Trinajstić information content (AvgIpc) is 2.26. The standard InChI is InChI=1S/C11H17N/c1-3-4-8-11-9-6-5-7-10(2)12-11/h5-7,9-10H,3-4,8H2,1-2H3/t10-/m1/s1. The molecule has 0 spiro atoms. The van der Waals surface area contributed by atoms with E-state index in [2.05, 4.69) is 43.1 Å². The lowest BCUT2D eigenvalue weighted by molar-refractivity contribution is 0.825. The summed E-state index contributed by atoms with van der Waals surface area (Å²) in [7, 11) is 0. The normalized spacial score (nSPS) is 22.2. The summed E-state index contributed by atoms with van der Waals surface area (Å²) in [4.78, 5) is 4.56. The van der Waals surface area contributed by atoms with Crippen LogP contribution in [0.15, 0.2) is 29.3 Å². The summed E-state index contributed by atoms with van der Waals surface area (Å²) >= 11 is 0. The van der Waals surface area contributed by atoms with Crippen LogP contribution in [-0.4, -0.2) is 11.8 Å². The van der Waals surface area contributed by atoms with Crippen molar-refractivity contribution >= 4 is 5.71 Å². The maximum atomic E-state index is 4.56. The van der Waals surface area contributed by atoms with Gasteiger partial charge < -0.3 is 0 Å². The molecule has 12 heavy (non-hydrogen) atoms. The topological polar surface area (TPSA) is 12.4 Å². The van der Waals surface area contributed by atoms with Crippen LogP contribution in [0.25, 0.3) is 0 Å². The molecule has 1 aliphatic heterocycles. The highest BCUT2D eigenvalue weighted by atomic mass is 14.8. The van der Waals surface area contributed by atoms with Crippen LogP contribution in [0.4, 0.5) is 0 Å². The van der Waals surface area contributed by atoms with Gasteiger partial charge in [-0.3, -0.25) is 4.99 Å². The highest BCUT2D eigenvalue weighted by molar-refractivity contribution is 5.95. The number of nitrogens with zero attached hydrogens (tertiary/aromatic N) is 1. The minimum Gasteiger partial charge on any atom is -0.283 e. The van der Waals surface area contributed by atoms with E-state index in [0.717, 1.165) is 6.42 Å². The largest absolute Gasteiger partial charge is 0.283 e. The van der Waals surface area contributed by atoms with Crippen molar-refractivity contribution in [3.8, 4) is 0 Å². The van der Waals surface area contributed by atoms with E-state index in [1.807, 2.05) is 0 Å². The summed E-state index contributed by atoms with van der Waals surface area (Å²) in [5.41, 5.74) is 1.24. The molecule has 1 nitrogen and oxygen atoms in total. The van der Waals surface area contributed by atoms with Gasteiger partial charge in [-0.15, -0.1) is 0 Å². The summed E-state index contributed by atoms with van der Waals surface area (Å²) in [5.74, 6) is 0. The Morgan fingerprint density at radius 2 is 2.25 bits per heavy atom. The van der Waals surface area contributed by atoms with Crippen LogP contribution in [-0.2, 0) is 0 Å². The Morgan fingerprint density at radius 1 is 1.42 bits per heavy atom. The van der Waals surface area contributed by atoms with Crippen LogP contribution in [0.3, 0.4) is 0 Å². The number of rotatable bonds is 3. The molecule has 1 heterocycles. The fraction of sp³-hybridized carbons (Fsp3) is 0.545. The third kappa shape index (κ3) is 3.04. The molecule has 0 saturated carbocycles. The van der Waals surface area contributed by atoms with Crippen LogP contribution in [0.1, 0.15) is 33.1 Å². The van der Waals surface area contributed by atoms with Crippen LogP contribution < -0.4 is 0 Å². The molecule has 0 unspecified atom stereocenters. The Balaban J connectivity index is 2.51. The van der Waals surface area contributed by atoms with E-state index in [1.165, 1.54) is 18.6 Å². The zero-order valence-electron chi connectivity index (χ0n) is 7.96. The van der Waals surface area contributed by atoms with Gasteiger partial charge in [0, 0.05) is 5.71 Å². The predicted octanol–water partition coefficient (Wildman–Crippen LogP) is 3.13. The van der Waals surface area contributed by atoms with Gasteiger partial charge in [-0.2, -0.15) is 0 Å². The molecule has 0 bridgehead atoms. The van der Waals surface area contributed by atoms with E-state index in [1.54, 1.807) is 0 Å². The Hall–Kier alpha value is -0.850. The molecule has 1 rings (SSSR count). The molecule has 0 N–H and O–H groups in total. The van der Waals surface area contributed by atoms with Crippen molar-refractivity contribution in [2.24, 2.45) is 4.99 Å². The maximum absolute atomic E-state index is 4.56. The monoisotopic (exact) mass is 163 g/mol. The molecule has 0 aromatic carbocycles. The molecule has 66 valence electrons. The average molecular weight is 163 g/mol. The summed E-state index contributed by atoms with van der Waals surface area (Å²) in [6.07, 6.45) is 12.0. The van der Waals surface area contributed by atoms with Crippen molar-refractivity contribution in [2.75, 3.05) is 0 Å². The van der Waals surface area contributed by atoms with Gasteiger partial charge in [-0.1, -0.05) is 31.6 Å². The molecular formula is C11H17N. The number of hydrogen-bond donors (Lipinski definition) is 0. The Labute approximate surface area is 74.9 Å². The summed E-state index contributed by atoms with van der Waals surface area (Å²) in [5, 5.41) is 0. The second-order valence-electron chi connectivity index (χ2n) is 3.21. The first kappa shape index (κ1) is 9.24. The van der Waals surface area contributed by atoms with Crippen LogP contribution >= 0.6 is 0 Å². The van der Waals surface area contributed by atoms with E-state index < -0.39 is 0 Å². The molecule has 0 radical (unpaired) electrons. The van der Waals surface area contributed by atoms with E-state index >= 15 is 0 Å². The quantitative estimate of drug-likeness (QED) is 0.606. The minimum absolute atomic E-state index is 0.354. The number of allylic oxidation sites excluding steroid dienone is 3. The molecule has 0 aliphatic carbocycles. The number of unbranched alkanes of at least 4 members (excludes halogenated alkanes) is 1. The smallest absolute Gasteiger partial charge is 0.0657 e. The maximum Gasteiger partial charge on any atom is 0.0657 e. The lowest BCUT2D eigenvalue weighted by Crippen LogP contribution is -1.99. The van der Waals surface area contributed by atoms with Gasteiger partial charge >= 0.3 is 0 Å². The summed E-state index contributed by atoms with van der Waals surface area (Å²) in [6.45, 7) is 4.33. The molecule has 0 amide bonds. The molecule has 1 aliphatic rings. The first-order valence-electron chi connectivity index (χ1n) is 4.74. The predicted molar refractivity (Wildman–Crippen MR) is 54.7 cm³/mol. The minimum atomic E-state index is 0.354. The Kier molecular flexibility index (Phi) is 3.78. The molecule has 1 heteroatoms. The molecule has 0 aromatic rings. The first-order chi connectivity index (χ1) is 5.83. The van der Waals surface area contributed by atoms with Crippen molar-refractivity contribution < 1.29 is 0 Å². The van der Waals surface area contributed by atoms with Gasteiger partial charge in [0.1, 0.15) is 0 Å². The zero-order chi connectivity index (χ0) is 8.81. The van der Waals surface area contributed by atoms with Gasteiger partial charge in [-0.05, 0) is 25.8 Å². The molecule has 1 atom stereocenters. The third-order valence-electron chi connectivity index (χ3n) is 1.95. The van der Waals surface area contributed by atoms with Crippen LogP contribution in [0.5, 0.6) is 0 Å². The number of aliphatic imine (C=N–C) groups is 1. The van der Waals surface area contributed by atoms with Gasteiger partial charge in [0.25, 0.3) is 0 Å². The van der Waals surface area contributed by atoms with Gasteiger partial charge in [-0.25, -0.2) is 0 Å². The van der Waals surface area contributed by atoms with E-state index in [0.29, 0.717) is 6.04 Å². The van der Waals surface area contributed by atoms with E-state index in [-0.39, 0.29) is 0 Å². The molecule has 0 fully saturated rings. The second-order valence-corrected chi connectivity index (χ2v) is 3.21. The lowest BCUT2D eigenvalue weighted by atomic mass is 10.1. The summed E-state index contributed by atoms with van der Waals surface area (Å²) < 4.78 is 0. The fourth-order valence-electron chi connectivity index (χ4n) is 1.24. The van der Waals surface area contributed by atoms with Gasteiger partial charge in [0.2, 0.25) is 0 Å². The highest BCUT2D eigenvalue weighted by Gasteiger charge is 1.99. The molecule has 0 saturated heterocycles. The van der Waals surface area contributed by atoms with Crippen LogP contribution in [0, 0.1) is 0 Å². The van der Waals surface area contributed by atoms with Crippen LogP contribution in [0.2, 0.25) is 0 Å². The van der Waals surface area contributed by atoms with Crippen molar-refractivity contribution in [1.29, 1.82) is 0 Å². The number of hydrogen-bond acceptors (Lipinski definition) is 1. The highest BCUT2D eigenvalue weighted by Crippen LogP contribution is 2.05.